The van der Waals surface area contributed by atoms with Gasteiger partial charge in [-0.1, -0.05) is 18.2 Å². The van der Waals surface area contributed by atoms with Crippen LogP contribution in [-0.4, -0.2) is 30.4 Å². The van der Waals surface area contributed by atoms with E-state index in [0.29, 0.717) is 23.4 Å². The van der Waals surface area contributed by atoms with Crippen molar-refractivity contribution in [3.63, 3.8) is 0 Å². The first kappa shape index (κ1) is 16.9. The molecule has 2 aliphatic rings. The first-order valence-electron chi connectivity index (χ1n) is 7.85. The van der Waals surface area contributed by atoms with Gasteiger partial charge >= 0.3 is 0 Å². The predicted octanol–water partition coefficient (Wildman–Crippen LogP) is 3.36. The van der Waals surface area contributed by atoms with E-state index >= 15 is 0 Å². The fraction of sp³-hybridized carbons (Fsp3) is 0.200. The molecule has 1 aromatic carbocycles. The van der Waals surface area contributed by atoms with Gasteiger partial charge in [0.25, 0.3) is 0 Å². The van der Waals surface area contributed by atoms with Crippen LogP contribution in [0.3, 0.4) is 0 Å². The number of carbonyl (C=O) groups is 1. The lowest BCUT2D eigenvalue weighted by Gasteiger charge is -2.33. The molecule has 5 heteroatoms. The zero-order valence-electron chi connectivity index (χ0n) is 13.8. The molecular formula is C20H17FN2O2. The fourth-order valence-electron chi connectivity index (χ4n) is 3.16. The van der Waals surface area contributed by atoms with Crippen LogP contribution in [0.5, 0.6) is 0 Å². The van der Waals surface area contributed by atoms with E-state index in [9.17, 15) is 14.4 Å². The van der Waals surface area contributed by atoms with Crippen molar-refractivity contribution >= 4 is 11.4 Å². The van der Waals surface area contributed by atoms with Gasteiger partial charge in [0.2, 0.25) is 0 Å². The van der Waals surface area contributed by atoms with E-state index in [1.165, 1.54) is 19.2 Å². The van der Waals surface area contributed by atoms with Crippen LogP contribution < -0.4 is 0 Å². The summed E-state index contributed by atoms with van der Waals surface area (Å²) >= 11 is 0. The third kappa shape index (κ3) is 3.04. The number of rotatable bonds is 4. The van der Waals surface area contributed by atoms with Crippen LogP contribution in [0.2, 0.25) is 0 Å². The molecular weight excluding hydrogens is 319 g/mol. The number of hydrogen-bond donors (Lipinski definition) is 0. The number of nitriles is 1. The molecule has 1 aliphatic heterocycles. The van der Waals surface area contributed by atoms with Crippen LogP contribution in [0, 0.1) is 17.1 Å². The van der Waals surface area contributed by atoms with E-state index in [4.69, 9.17) is 4.74 Å². The van der Waals surface area contributed by atoms with E-state index in [1.807, 2.05) is 0 Å². The topological polar surface area (TPSA) is 53.3 Å². The summed E-state index contributed by atoms with van der Waals surface area (Å²) in [6.07, 6.45) is 4.71. The number of hydrogen-bond acceptors (Lipinski definition) is 4. The van der Waals surface area contributed by atoms with Crippen molar-refractivity contribution < 1.29 is 13.9 Å². The van der Waals surface area contributed by atoms with Crippen molar-refractivity contribution in [2.75, 3.05) is 13.7 Å². The van der Waals surface area contributed by atoms with Gasteiger partial charge in [0.1, 0.15) is 23.7 Å². The molecule has 3 rings (SSSR count). The molecule has 1 atom stereocenters. The normalized spacial score (nSPS) is 19.8. The molecule has 0 fully saturated rings. The highest BCUT2D eigenvalue weighted by Gasteiger charge is 2.33. The van der Waals surface area contributed by atoms with Gasteiger partial charge in [-0.3, -0.25) is 4.79 Å². The summed E-state index contributed by atoms with van der Waals surface area (Å²) in [4.78, 5) is 13.9. The fourth-order valence-corrected chi connectivity index (χ4v) is 3.16. The lowest BCUT2D eigenvalue weighted by molar-refractivity contribution is -0.125. The highest BCUT2D eigenvalue weighted by atomic mass is 19.1. The SMILES string of the molecule is C=CCN1C=C2CC(=O)C(OC)C=C2C(c2cccc(F)c2)=C1C#N. The summed E-state index contributed by atoms with van der Waals surface area (Å²) in [5.74, 6) is -0.431. The Morgan fingerprint density at radius 1 is 1.52 bits per heavy atom. The second-order valence-corrected chi connectivity index (χ2v) is 5.82. The smallest absolute Gasteiger partial charge is 0.169 e. The second-order valence-electron chi connectivity index (χ2n) is 5.82. The van der Waals surface area contributed by atoms with Crippen LogP contribution in [0.4, 0.5) is 4.39 Å². The van der Waals surface area contributed by atoms with Crippen molar-refractivity contribution in [2.45, 2.75) is 12.5 Å². The predicted molar refractivity (Wildman–Crippen MR) is 92.4 cm³/mol. The van der Waals surface area contributed by atoms with Crippen molar-refractivity contribution in [3.8, 4) is 6.07 Å². The molecule has 1 aliphatic carbocycles. The van der Waals surface area contributed by atoms with Gasteiger partial charge in [0, 0.05) is 31.8 Å². The maximum atomic E-state index is 13.8. The largest absolute Gasteiger partial charge is 0.370 e. The number of fused-ring (bicyclic) bond motifs is 1. The summed E-state index contributed by atoms with van der Waals surface area (Å²) < 4.78 is 19.0. The van der Waals surface area contributed by atoms with Crippen molar-refractivity contribution in [2.24, 2.45) is 0 Å². The van der Waals surface area contributed by atoms with Crippen LogP contribution in [0.25, 0.3) is 5.57 Å². The molecule has 0 aromatic heterocycles. The van der Waals surface area contributed by atoms with Crippen LogP contribution in [0.15, 0.2) is 66.0 Å². The average molecular weight is 336 g/mol. The van der Waals surface area contributed by atoms with Gasteiger partial charge in [-0.2, -0.15) is 5.26 Å². The number of methoxy groups -OCH3 is 1. The number of carbonyl (C=O) groups excluding carboxylic acids is 1. The third-order valence-corrected chi connectivity index (χ3v) is 4.25. The Kier molecular flexibility index (Phi) is 4.64. The van der Waals surface area contributed by atoms with E-state index in [1.54, 1.807) is 35.4 Å². The Hall–Kier alpha value is -2.97. The average Bonchev–Trinajstić information content (AvgIpc) is 2.60. The Morgan fingerprint density at radius 2 is 2.32 bits per heavy atom. The van der Waals surface area contributed by atoms with E-state index in [2.05, 4.69) is 12.6 Å². The quantitative estimate of drug-likeness (QED) is 0.791. The summed E-state index contributed by atoms with van der Waals surface area (Å²) in [5, 5.41) is 9.72. The van der Waals surface area contributed by atoms with Crippen molar-refractivity contribution in [1.82, 2.24) is 4.90 Å². The number of Topliss-reactive ketones (excluding diaryl/α,β-unsaturated/α-hetero) is 1. The molecule has 1 aromatic rings. The number of allylic oxidation sites excluding steroid dienone is 4. The van der Waals surface area contributed by atoms with E-state index < -0.39 is 6.10 Å². The number of halogens is 1. The number of ketones is 1. The molecule has 4 nitrogen and oxygen atoms in total. The number of benzene rings is 1. The minimum atomic E-state index is -0.665. The first-order valence-corrected chi connectivity index (χ1v) is 7.85. The highest BCUT2D eigenvalue weighted by Crippen LogP contribution is 2.41. The van der Waals surface area contributed by atoms with Gasteiger partial charge in [0.05, 0.1) is 0 Å². The van der Waals surface area contributed by atoms with Crippen molar-refractivity contribution in [1.29, 1.82) is 5.26 Å². The zero-order chi connectivity index (χ0) is 18.0. The Labute approximate surface area is 145 Å². The molecule has 0 radical (unpaired) electrons. The maximum Gasteiger partial charge on any atom is 0.169 e. The minimum absolute atomic E-state index is 0.0462. The Balaban J connectivity index is 2.25. The van der Waals surface area contributed by atoms with Gasteiger partial charge in [0.15, 0.2) is 5.78 Å². The highest BCUT2D eigenvalue weighted by molar-refractivity contribution is 5.98. The minimum Gasteiger partial charge on any atom is -0.370 e. The summed E-state index contributed by atoms with van der Waals surface area (Å²) in [5.41, 5.74) is 3.12. The maximum absolute atomic E-state index is 13.8. The molecule has 0 saturated heterocycles. The molecule has 0 N–H and O–H groups in total. The van der Waals surface area contributed by atoms with Gasteiger partial charge in [-0.15, -0.1) is 6.58 Å². The second kappa shape index (κ2) is 6.88. The zero-order valence-corrected chi connectivity index (χ0v) is 13.8. The van der Waals surface area contributed by atoms with Gasteiger partial charge in [-0.05, 0) is 34.9 Å². The Bertz CT molecular complexity index is 874. The monoisotopic (exact) mass is 336 g/mol. The number of nitrogens with zero attached hydrogens (tertiary/aromatic N) is 2. The molecule has 0 spiro atoms. The molecule has 0 bridgehead atoms. The van der Waals surface area contributed by atoms with Crippen LogP contribution in [-0.2, 0) is 9.53 Å². The van der Waals surface area contributed by atoms with Crippen LogP contribution >= 0.6 is 0 Å². The van der Waals surface area contributed by atoms with Gasteiger partial charge in [-0.25, -0.2) is 4.39 Å². The molecule has 1 unspecified atom stereocenters. The number of ether oxygens (including phenoxy) is 1. The standard InChI is InChI=1S/C20H17FN2O2/c1-3-7-23-12-14-9-18(24)19(25-2)10-16(14)20(17(23)11-22)13-5-4-6-15(21)8-13/h3-6,8,10,12,19H,1,7,9H2,2H3. The van der Waals surface area contributed by atoms with Crippen LogP contribution in [0.1, 0.15) is 12.0 Å². The van der Waals surface area contributed by atoms with Gasteiger partial charge < -0.3 is 9.64 Å². The summed E-state index contributed by atoms with van der Waals surface area (Å²) in [6.45, 7) is 4.13. The lowest BCUT2D eigenvalue weighted by Crippen LogP contribution is -2.30. The molecule has 25 heavy (non-hydrogen) atoms. The van der Waals surface area contributed by atoms with E-state index in [0.717, 1.165) is 11.1 Å². The first-order chi connectivity index (χ1) is 12.1. The van der Waals surface area contributed by atoms with E-state index in [-0.39, 0.29) is 18.0 Å². The Morgan fingerprint density at radius 3 is 2.96 bits per heavy atom. The van der Waals surface area contributed by atoms with Crippen molar-refractivity contribution in [3.05, 3.63) is 77.4 Å². The molecule has 0 amide bonds. The third-order valence-electron chi connectivity index (χ3n) is 4.25. The molecule has 126 valence electrons. The molecule has 0 saturated carbocycles. The summed E-state index contributed by atoms with van der Waals surface area (Å²) in [7, 11) is 1.47. The lowest BCUT2D eigenvalue weighted by atomic mass is 9.81. The molecule has 1 heterocycles. The summed E-state index contributed by atoms with van der Waals surface area (Å²) in [6, 6.07) is 8.31.